The number of nitrogens with zero attached hydrogens (tertiary/aromatic N) is 2. The molecule has 56 heavy (non-hydrogen) atoms. The quantitative estimate of drug-likeness (QED) is 0.164. The fourth-order valence-electron chi connectivity index (χ4n) is 8.11. The minimum absolute atomic E-state index is 0.822. The lowest BCUT2D eigenvalue weighted by atomic mass is 10.0. The first-order valence-corrected chi connectivity index (χ1v) is 18.9. The van der Waals surface area contributed by atoms with Crippen LogP contribution in [-0.2, 0) is 0 Å². The first kappa shape index (κ1) is 31.9. The molecule has 0 radical (unpaired) electrons. The topological polar surface area (TPSA) is 32.8 Å². The van der Waals surface area contributed by atoms with Crippen molar-refractivity contribution in [3.63, 3.8) is 0 Å². The fraction of sp³-hybridized carbons (Fsp3) is 0. The van der Waals surface area contributed by atoms with Gasteiger partial charge in [-0.1, -0.05) is 103 Å². The lowest BCUT2D eigenvalue weighted by molar-refractivity contribution is 0.669. The third-order valence-electron chi connectivity index (χ3n) is 10.8. The second kappa shape index (κ2) is 13.1. The number of para-hydroxylation sites is 3. The number of rotatable bonds is 7. The van der Waals surface area contributed by atoms with Crippen LogP contribution in [0.4, 0.5) is 34.1 Å². The molecule has 2 heterocycles. The molecular formula is C52H34N2O2. The SMILES string of the molecule is c1ccc(N(c2ccccc2)c2ccc3oc4cc(N(c5ccc(-c6ccc7ccccc7c6)cc5)c5ccc6c(c5)oc5ccccc56)ccc4c3c2)cc1. The van der Waals surface area contributed by atoms with E-state index in [1.165, 1.54) is 16.3 Å². The average Bonchev–Trinajstić information content (AvgIpc) is 3.82. The summed E-state index contributed by atoms with van der Waals surface area (Å²) in [6, 6.07) is 72.6. The van der Waals surface area contributed by atoms with Crippen LogP contribution in [0.2, 0.25) is 0 Å². The van der Waals surface area contributed by atoms with Crippen LogP contribution >= 0.6 is 0 Å². The van der Waals surface area contributed by atoms with Crippen LogP contribution < -0.4 is 9.80 Å². The van der Waals surface area contributed by atoms with Crippen molar-refractivity contribution >= 4 is 88.8 Å². The smallest absolute Gasteiger partial charge is 0.137 e. The normalized spacial score (nSPS) is 11.6. The molecule has 264 valence electrons. The summed E-state index contributed by atoms with van der Waals surface area (Å²) in [5.41, 5.74) is 12.0. The highest BCUT2D eigenvalue weighted by molar-refractivity contribution is 6.09. The third kappa shape index (κ3) is 5.47. The predicted molar refractivity (Wildman–Crippen MR) is 233 cm³/mol. The largest absolute Gasteiger partial charge is 0.456 e. The van der Waals surface area contributed by atoms with Gasteiger partial charge in [0.05, 0.1) is 0 Å². The van der Waals surface area contributed by atoms with Gasteiger partial charge in [-0.2, -0.15) is 0 Å². The van der Waals surface area contributed by atoms with Gasteiger partial charge in [-0.05, 0) is 113 Å². The van der Waals surface area contributed by atoms with Crippen LogP contribution in [0.1, 0.15) is 0 Å². The molecule has 0 aliphatic carbocycles. The molecule has 0 atom stereocenters. The summed E-state index contributed by atoms with van der Waals surface area (Å²) >= 11 is 0. The van der Waals surface area contributed by atoms with Crippen LogP contribution in [-0.4, -0.2) is 0 Å². The Labute approximate surface area is 323 Å². The number of hydrogen-bond acceptors (Lipinski definition) is 4. The predicted octanol–water partition coefficient (Wildman–Crippen LogP) is 15.2. The lowest BCUT2D eigenvalue weighted by Gasteiger charge is -2.25. The molecular weight excluding hydrogens is 685 g/mol. The van der Waals surface area contributed by atoms with Crippen LogP contribution in [0.3, 0.4) is 0 Å². The lowest BCUT2D eigenvalue weighted by Crippen LogP contribution is -2.09. The summed E-state index contributed by atoms with van der Waals surface area (Å²) in [5, 5.41) is 6.80. The summed E-state index contributed by atoms with van der Waals surface area (Å²) in [5.74, 6) is 0. The summed E-state index contributed by atoms with van der Waals surface area (Å²) in [6.45, 7) is 0. The van der Waals surface area contributed by atoms with Crippen molar-refractivity contribution in [2.45, 2.75) is 0 Å². The van der Waals surface area contributed by atoms with Gasteiger partial charge in [-0.25, -0.2) is 0 Å². The summed E-state index contributed by atoms with van der Waals surface area (Å²) in [6.07, 6.45) is 0. The molecule has 0 aliphatic heterocycles. The van der Waals surface area contributed by atoms with E-state index in [2.05, 4.69) is 192 Å². The Bertz CT molecular complexity index is 3160. The Kier molecular flexibility index (Phi) is 7.46. The molecule has 0 unspecified atom stereocenters. The highest BCUT2D eigenvalue weighted by atomic mass is 16.3. The van der Waals surface area contributed by atoms with Gasteiger partial charge >= 0.3 is 0 Å². The van der Waals surface area contributed by atoms with E-state index in [0.29, 0.717) is 0 Å². The van der Waals surface area contributed by atoms with Crippen molar-refractivity contribution in [3.05, 3.63) is 206 Å². The first-order chi connectivity index (χ1) is 27.7. The van der Waals surface area contributed by atoms with Gasteiger partial charge in [0.15, 0.2) is 0 Å². The molecule has 0 amide bonds. The first-order valence-electron chi connectivity index (χ1n) is 18.9. The zero-order valence-corrected chi connectivity index (χ0v) is 30.3. The Morgan fingerprint density at radius 2 is 0.714 bits per heavy atom. The molecule has 0 aliphatic rings. The van der Waals surface area contributed by atoms with Crippen molar-refractivity contribution < 1.29 is 8.83 Å². The van der Waals surface area contributed by atoms with Crippen molar-refractivity contribution in [2.24, 2.45) is 0 Å². The van der Waals surface area contributed by atoms with Crippen LogP contribution in [0.15, 0.2) is 215 Å². The van der Waals surface area contributed by atoms with Crippen LogP contribution in [0.25, 0.3) is 65.8 Å². The fourth-order valence-corrected chi connectivity index (χ4v) is 8.11. The van der Waals surface area contributed by atoms with Crippen molar-refractivity contribution in [1.82, 2.24) is 0 Å². The second-order valence-corrected chi connectivity index (χ2v) is 14.2. The summed E-state index contributed by atoms with van der Waals surface area (Å²) in [7, 11) is 0. The van der Waals surface area contributed by atoms with E-state index in [-0.39, 0.29) is 0 Å². The molecule has 4 heteroatoms. The molecule has 11 rings (SSSR count). The summed E-state index contributed by atoms with van der Waals surface area (Å²) < 4.78 is 13.0. The van der Waals surface area contributed by atoms with Gasteiger partial charge in [-0.15, -0.1) is 0 Å². The monoisotopic (exact) mass is 718 g/mol. The van der Waals surface area contributed by atoms with Crippen LogP contribution in [0.5, 0.6) is 0 Å². The minimum Gasteiger partial charge on any atom is -0.456 e. The highest BCUT2D eigenvalue weighted by Gasteiger charge is 2.19. The maximum atomic E-state index is 6.62. The van der Waals surface area contributed by atoms with Crippen molar-refractivity contribution in [3.8, 4) is 11.1 Å². The molecule has 11 aromatic rings. The van der Waals surface area contributed by atoms with Gasteiger partial charge < -0.3 is 18.6 Å². The Morgan fingerprint density at radius 3 is 1.41 bits per heavy atom. The Balaban J connectivity index is 1.03. The van der Waals surface area contributed by atoms with E-state index in [1.54, 1.807) is 0 Å². The number of benzene rings is 9. The van der Waals surface area contributed by atoms with Gasteiger partial charge in [-0.3, -0.25) is 0 Å². The van der Waals surface area contributed by atoms with E-state index in [9.17, 15) is 0 Å². The molecule has 0 fully saturated rings. The van der Waals surface area contributed by atoms with Crippen molar-refractivity contribution in [2.75, 3.05) is 9.80 Å². The maximum absolute atomic E-state index is 6.62. The minimum atomic E-state index is 0.822. The molecule has 4 nitrogen and oxygen atoms in total. The van der Waals surface area contributed by atoms with E-state index in [1.807, 2.05) is 24.3 Å². The van der Waals surface area contributed by atoms with E-state index in [0.717, 1.165) is 83.6 Å². The molecule has 0 N–H and O–H groups in total. The molecule has 0 spiro atoms. The standard InChI is InChI=1S/C52H34N2O2/c1-3-13-39(14-4-1)53(40-15-5-2-6-16-40)42-27-30-50-48(32-42)47-29-26-44(34-52(47)56-50)54(43-25-28-46-45-17-9-10-18-49(45)55-51(46)33-43)41-23-21-36(22-24-41)38-20-19-35-11-7-8-12-37(35)31-38/h1-34H. The molecule has 9 aromatic carbocycles. The maximum Gasteiger partial charge on any atom is 0.137 e. The van der Waals surface area contributed by atoms with E-state index < -0.39 is 0 Å². The molecule has 0 bridgehead atoms. The van der Waals surface area contributed by atoms with Crippen molar-refractivity contribution in [1.29, 1.82) is 0 Å². The Hall–Kier alpha value is -7.56. The number of fused-ring (bicyclic) bond motifs is 7. The Morgan fingerprint density at radius 1 is 0.250 bits per heavy atom. The van der Waals surface area contributed by atoms with Gasteiger partial charge in [0.25, 0.3) is 0 Å². The van der Waals surface area contributed by atoms with Gasteiger partial charge in [0.2, 0.25) is 0 Å². The number of hydrogen-bond donors (Lipinski definition) is 0. The van der Waals surface area contributed by atoms with Gasteiger partial charge in [0.1, 0.15) is 22.3 Å². The number of furan rings is 2. The second-order valence-electron chi connectivity index (χ2n) is 14.2. The van der Waals surface area contributed by atoms with E-state index >= 15 is 0 Å². The zero-order chi connectivity index (χ0) is 37.0. The third-order valence-corrected chi connectivity index (χ3v) is 10.8. The molecule has 0 saturated carbocycles. The number of anilines is 6. The molecule has 0 saturated heterocycles. The highest BCUT2D eigenvalue weighted by Crippen LogP contribution is 2.43. The molecule has 2 aromatic heterocycles. The average molecular weight is 719 g/mol. The zero-order valence-electron chi connectivity index (χ0n) is 30.3. The summed E-state index contributed by atoms with van der Waals surface area (Å²) in [4.78, 5) is 4.56. The van der Waals surface area contributed by atoms with E-state index in [4.69, 9.17) is 8.83 Å². The van der Waals surface area contributed by atoms with Crippen LogP contribution in [0, 0.1) is 0 Å². The van der Waals surface area contributed by atoms with Gasteiger partial charge in [0, 0.05) is 67.8 Å².